The summed E-state index contributed by atoms with van der Waals surface area (Å²) in [4.78, 5) is 15.5. The maximum atomic E-state index is 11.5. The molecule has 3 nitrogen and oxygen atoms in total. The third kappa shape index (κ3) is 3.01. The first-order valence-corrected chi connectivity index (χ1v) is 4.56. The van der Waals surface area contributed by atoms with E-state index in [1.807, 2.05) is 6.92 Å². The number of carbonyl (C=O) groups is 1. The molecule has 0 radical (unpaired) electrons. The van der Waals surface area contributed by atoms with Crippen LogP contribution in [-0.2, 0) is 0 Å². The highest BCUT2D eigenvalue weighted by atomic mass is 16.1. The van der Waals surface area contributed by atoms with E-state index in [-0.39, 0.29) is 5.91 Å². The van der Waals surface area contributed by atoms with Crippen molar-refractivity contribution in [3.63, 3.8) is 0 Å². The molecule has 0 aromatic carbocycles. The van der Waals surface area contributed by atoms with Gasteiger partial charge in [-0.2, -0.15) is 0 Å². The minimum atomic E-state index is -0.0580. The highest BCUT2D eigenvalue weighted by molar-refractivity contribution is 5.94. The molecule has 74 valence electrons. The second-order valence-electron chi connectivity index (χ2n) is 3.02. The lowest BCUT2D eigenvalue weighted by Gasteiger charge is -2.03. The zero-order valence-corrected chi connectivity index (χ0v) is 8.29. The molecule has 1 aromatic rings. The van der Waals surface area contributed by atoms with Crippen molar-refractivity contribution in [1.82, 2.24) is 10.3 Å². The Morgan fingerprint density at radius 3 is 3.14 bits per heavy atom. The Morgan fingerprint density at radius 2 is 2.50 bits per heavy atom. The summed E-state index contributed by atoms with van der Waals surface area (Å²) >= 11 is 0. The maximum absolute atomic E-state index is 11.5. The van der Waals surface area contributed by atoms with Crippen LogP contribution in [0.2, 0.25) is 0 Å². The predicted octanol–water partition coefficient (Wildman–Crippen LogP) is 1.70. The maximum Gasteiger partial charge on any atom is 0.251 e. The highest BCUT2D eigenvalue weighted by Gasteiger charge is 2.03. The fourth-order valence-corrected chi connectivity index (χ4v) is 1.08. The van der Waals surface area contributed by atoms with Crippen molar-refractivity contribution in [3.05, 3.63) is 42.2 Å². The van der Waals surface area contributed by atoms with Gasteiger partial charge in [0.2, 0.25) is 0 Å². The number of rotatable bonds is 4. The SMILES string of the molecule is C=CCCNC(=O)c1ccnc(C)c1. The summed E-state index contributed by atoms with van der Waals surface area (Å²) < 4.78 is 0. The molecule has 1 aromatic heterocycles. The number of amides is 1. The Labute approximate surface area is 83.9 Å². The Kier molecular flexibility index (Phi) is 3.85. The van der Waals surface area contributed by atoms with Gasteiger partial charge in [-0.15, -0.1) is 6.58 Å². The number of hydrogen-bond donors (Lipinski definition) is 1. The van der Waals surface area contributed by atoms with Gasteiger partial charge in [0.25, 0.3) is 5.91 Å². The molecule has 1 heterocycles. The zero-order chi connectivity index (χ0) is 10.4. The lowest BCUT2D eigenvalue weighted by atomic mass is 10.2. The van der Waals surface area contributed by atoms with Crippen LogP contribution in [0.4, 0.5) is 0 Å². The number of nitrogens with zero attached hydrogens (tertiary/aromatic N) is 1. The van der Waals surface area contributed by atoms with Crippen molar-refractivity contribution in [2.45, 2.75) is 13.3 Å². The van der Waals surface area contributed by atoms with E-state index in [1.54, 1.807) is 24.4 Å². The molecule has 0 aliphatic carbocycles. The normalized spacial score (nSPS) is 9.50. The molecule has 0 saturated carbocycles. The average Bonchev–Trinajstić information content (AvgIpc) is 2.18. The molecular weight excluding hydrogens is 176 g/mol. The molecular formula is C11H14N2O. The van der Waals surface area contributed by atoms with Gasteiger partial charge < -0.3 is 5.32 Å². The fourth-order valence-electron chi connectivity index (χ4n) is 1.08. The molecule has 0 atom stereocenters. The Morgan fingerprint density at radius 1 is 1.71 bits per heavy atom. The topological polar surface area (TPSA) is 42.0 Å². The van der Waals surface area contributed by atoms with E-state index in [0.717, 1.165) is 12.1 Å². The summed E-state index contributed by atoms with van der Waals surface area (Å²) in [6.45, 7) is 6.07. The Hall–Kier alpha value is -1.64. The third-order valence-electron chi connectivity index (χ3n) is 1.79. The van der Waals surface area contributed by atoms with Crippen molar-refractivity contribution in [3.8, 4) is 0 Å². The molecule has 1 amide bonds. The monoisotopic (exact) mass is 190 g/mol. The number of aryl methyl sites for hydroxylation is 1. The molecule has 1 N–H and O–H groups in total. The van der Waals surface area contributed by atoms with Gasteiger partial charge in [0, 0.05) is 24.0 Å². The molecule has 0 unspecified atom stereocenters. The number of carbonyl (C=O) groups excluding carboxylic acids is 1. The Balaban J connectivity index is 2.56. The van der Waals surface area contributed by atoms with Gasteiger partial charge in [0.05, 0.1) is 0 Å². The first kappa shape index (κ1) is 10.4. The van der Waals surface area contributed by atoms with Crippen LogP contribution < -0.4 is 5.32 Å². The van der Waals surface area contributed by atoms with Gasteiger partial charge in [0.15, 0.2) is 0 Å². The third-order valence-corrected chi connectivity index (χ3v) is 1.79. The fraction of sp³-hybridized carbons (Fsp3) is 0.273. The van der Waals surface area contributed by atoms with Gasteiger partial charge in [-0.05, 0) is 25.5 Å². The Bertz CT molecular complexity index is 334. The van der Waals surface area contributed by atoms with Crippen LogP contribution in [0.5, 0.6) is 0 Å². The van der Waals surface area contributed by atoms with Gasteiger partial charge in [-0.25, -0.2) is 0 Å². The summed E-state index contributed by atoms with van der Waals surface area (Å²) in [7, 11) is 0. The lowest BCUT2D eigenvalue weighted by molar-refractivity contribution is 0.0954. The summed E-state index contributed by atoms with van der Waals surface area (Å²) in [6.07, 6.45) is 4.20. The summed E-state index contributed by atoms with van der Waals surface area (Å²) in [5, 5.41) is 2.79. The van der Waals surface area contributed by atoms with Crippen LogP contribution in [-0.4, -0.2) is 17.4 Å². The highest BCUT2D eigenvalue weighted by Crippen LogP contribution is 2.00. The summed E-state index contributed by atoms with van der Waals surface area (Å²) in [5.41, 5.74) is 1.50. The van der Waals surface area contributed by atoms with Crippen molar-refractivity contribution >= 4 is 5.91 Å². The van der Waals surface area contributed by atoms with Crippen molar-refractivity contribution in [2.24, 2.45) is 0 Å². The van der Waals surface area contributed by atoms with E-state index in [4.69, 9.17) is 0 Å². The lowest BCUT2D eigenvalue weighted by Crippen LogP contribution is -2.24. The molecule has 0 aliphatic rings. The second-order valence-corrected chi connectivity index (χ2v) is 3.02. The van der Waals surface area contributed by atoms with E-state index < -0.39 is 0 Å². The van der Waals surface area contributed by atoms with Crippen LogP contribution in [0.25, 0.3) is 0 Å². The van der Waals surface area contributed by atoms with Gasteiger partial charge in [0.1, 0.15) is 0 Å². The zero-order valence-electron chi connectivity index (χ0n) is 8.29. The molecule has 0 aliphatic heterocycles. The van der Waals surface area contributed by atoms with Gasteiger partial charge in [-0.1, -0.05) is 6.08 Å². The van der Waals surface area contributed by atoms with E-state index >= 15 is 0 Å². The standard InChI is InChI=1S/C11H14N2O/c1-3-4-6-13-11(14)10-5-7-12-9(2)8-10/h3,5,7-8H,1,4,6H2,2H3,(H,13,14). The minimum absolute atomic E-state index is 0.0580. The molecule has 0 spiro atoms. The number of nitrogens with one attached hydrogen (secondary N) is 1. The van der Waals surface area contributed by atoms with Crippen molar-refractivity contribution < 1.29 is 4.79 Å². The molecule has 0 bridgehead atoms. The molecule has 0 saturated heterocycles. The predicted molar refractivity (Wildman–Crippen MR) is 56.1 cm³/mol. The van der Waals surface area contributed by atoms with Gasteiger partial charge in [-0.3, -0.25) is 9.78 Å². The van der Waals surface area contributed by atoms with Crippen LogP contribution in [0.3, 0.4) is 0 Å². The van der Waals surface area contributed by atoms with Crippen LogP contribution in [0.15, 0.2) is 31.0 Å². The van der Waals surface area contributed by atoms with E-state index in [9.17, 15) is 4.79 Å². The minimum Gasteiger partial charge on any atom is -0.352 e. The van der Waals surface area contributed by atoms with E-state index in [1.165, 1.54) is 0 Å². The van der Waals surface area contributed by atoms with Crippen molar-refractivity contribution in [2.75, 3.05) is 6.54 Å². The van der Waals surface area contributed by atoms with Crippen LogP contribution >= 0.6 is 0 Å². The van der Waals surface area contributed by atoms with Crippen LogP contribution in [0, 0.1) is 6.92 Å². The first-order valence-electron chi connectivity index (χ1n) is 4.56. The largest absolute Gasteiger partial charge is 0.352 e. The number of aromatic nitrogens is 1. The molecule has 0 fully saturated rings. The quantitative estimate of drug-likeness (QED) is 0.580. The average molecular weight is 190 g/mol. The van der Waals surface area contributed by atoms with E-state index in [0.29, 0.717) is 12.1 Å². The summed E-state index contributed by atoms with van der Waals surface area (Å²) in [5.74, 6) is -0.0580. The number of pyridine rings is 1. The van der Waals surface area contributed by atoms with Crippen LogP contribution in [0.1, 0.15) is 22.5 Å². The molecule has 3 heteroatoms. The number of hydrogen-bond acceptors (Lipinski definition) is 2. The van der Waals surface area contributed by atoms with Gasteiger partial charge >= 0.3 is 0 Å². The first-order chi connectivity index (χ1) is 6.74. The second kappa shape index (κ2) is 5.17. The summed E-state index contributed by atoms with van der Waals surface area (Å²) in [6, 6.07) is 3.47. The van der Waals surface area contributed by atoms with Crippen molar-refractivity contribution in [1.29, 1.82) is 0 Å². The van der Waals surface area contributed by atoms with E-state index in [2.05, 4.69) is 16.9 Å². The smallest absolute Gasteiger partial charge is 0.251 e. The molecule has 1 rings (SSSR count). The molecule has 14 heavy (non-hydrogen) atoms.